The molecule has 2 aromatic heterocycles. The quantitative estimate of drug-likeness (QED) is 0.332. The molecule has 0 bridgehead atoms. The third-order valence-electron chi connectivity index (χ3n) is 7.64. The van der Waals surface area contributed by atoms with Gasteiger partial charge in [-0.25, -0.2) is 9.37 Å². The van der Waals surface area contributed by atoms with Crippen LogP contribution >= 0.6 is 11.6 Å². The lowest BCUT2D eigenvalue weighted by molar-refractivity contribution is 0.208. The lowest BCUT2D eigenvalue weighted by atomic mass is 9.98. The number of anilines is 3. The highest BCUT2D eigenvalue weighted by Gasteiger charge is 2.28. The van der Waals surface area contributed by atoms with E-state index >= 15 is 4.39 Å². The summed E-state index contributed by atoms with van der Waals surface area (Å²) in [7, 11) is 1.87. The third-order valence-corrected chi connectivity index (χ3v) is 7.87. The van der Waals surface area contributed by atoms with Crippen LogP contribution in [-0.2, 0) is 0 Å². The van der Waals surface area contributed by atoms with Gasteiger partial charge in [-0.1, -0.05) is 23.7 Å². The van der Waals surface area contributed by atoms with Gasteiger partial charge < -0.3 is 14.7 Å². The predicted octanol–water partition coefficient (Wildman–Crippen LogP) is 6.02. The van der Waals surface area contributed by atoms with Gasteiger partial charge in [-0.2, -0.15) is 9.61 Å². The third kappa shape index (κ3) is 4.31. The van der Waals surface area contributed by atoms with E-state index in [1.165, 1.54) is 25.9 Å². The summed E-state index contributed by atoms with van der Waals surface area (Å²) in [5.41, 5.74) is 4.04. The van der Waals surface area contributed by atoms with Gasteiger partial charge in [-0.15, -0.1) is 0 Å². The molecule has 2 aliphatic rings. The lowest BCUT2D eigenvalue weighted by Gasteiger charge is -2.39. The fourth-order valence-corrected chi connectivity index (χ4v) is 5.92. The Morgan fingerprint density at radius 1 is 0.972 bits per heavy atom. The number of fused-ring (bicyclic) bond motifs is 1. The molecule has 186 valence electrons. The minimum absolute atomic E-state index is 0.291. The molecule has 8 heteroatoms. The Kier molecular flexibility index (Phi) is 6.27. The molecule has 0 spiro atoms. The predicted molar refractivity (Wildman–Crippen MR) is 144 cm³/mol. The smallest absolute Gasteiger partial charge is 0.157 e. The Morgan fingerprint density at radius 2 is 1.78 bits per heavy atom. The van der Waals surface area contributed by atoms with Gasteiger partial charge in [0.1, 0.15) is 11.6 Å². The zero-order valence-corrected chi connectivity index (χ0v) is 21.2. The van der Waals surface area contributed by atoms with Crippen molar-refractivity contribution in [1.82, 2.24) is 19.5 Å². The van der Waals surface area contributed by atoms with Crippen molar-refractivity contribution in [3.8, 4) is 11.1 Å². The van der Waals surface area contributed by atoms with Gasteiger partial charge in [0, 0.05) is 54.7 Å². The molecule has 4 heterocycles. The lowest BCUT2D eigenvalue weighted by Crippen LogP contribution is -2.44. The molecule has 2 fully saturated rings. The standard InChI is InChI=1S/C28H30ClFN6/c1-33(28-8-11-31-27-7-12-32-36(27)28)26-19-25(23(18-24(26)30)20-5-4-6-21(29)17-20)35-15-9-22(10-16-35)34-13-2-3-14-34/h4-8,11-12,17-19,22H,2-3,9-10,13-16H2,1H3. The minimum Gasteiger partial charge on any atom is -0.371 e. The molecule has 0 N–H and O–H groups in total. The molecule has 2 aliphatic heterocycles. The van der Waals surface area contributed by atoms with Crippen LogP contribution in [0, 0.1) is 5.82 Å². The van der Waals surface area contributed by atoms with Crippen LogP contribution < -0.4 is 9.80 Å². The summed E-state index contributed by atoms with van der Waals surface area (Å²) in [6.07, 6.45) is 8.29. The molecule has 0 aliphatic carbocycles. The molecule has 0 radical (unpaired) electrons. The summed E-state index contributed by atoms with van der Waals surface area (Å²) in [6, 6.07) is 15.7. The SMILES string of the molecule is CN(c1cc(N2CCC(N3CCCC3)CC2)c(-c2cccc(Cl)c2)cc1F)c1ccnc2ccnn12. The van der Waals surface area contributed by atoms with E-state index in [1.54, 1.807) is 23.0 Å². The number of benzene rings is 2. The van der Waals surface area contributed by atoms with Crippen LogP contribution in [0.25, 0.3) is 16.8 Å². The molecular weight excluding hydrogens is 475 g/mol. The maximum atomic E-state index is 15.8. The summed E-state index contributed by atoms with van der Waals surface area (Å²) < 4.78 is 17.5. The summed E-state index contributed by atoms with van der Waals surface area (Å²) in [4.78, 5) is 11.3. The monoisotopic (exact) mass is 504 g/mol. The van der Waals surface area contributed by atoms with Gasteiger partial charge in [0.25, 0.3) is 0 Å². The first-order chi connectivity index (χ1) is 17.6. The second-order valence-electron chi connectivity index (χ2n) is 9.76. The van der Waals surface area contributed by atoms with Crippen molar-refractivity contribution in [3.05, 3.63) is 71.8 Å². The van der Waals surface area contributed by atoms with Gasteiger partial charge in [0.2, 0.25) is 0 Å². The first-order valence-electron chi connectivity index (χ1n) is 12.7. The van der Waals surface area contributed by atoms with Gasteiger partial charge in [-0.3, -0.25) is 0 Å². The van der Waals surface area contributed by atoms with E-state index in [4.69, 9.17) is 11.6 Å². The summed E-state index contributed by atoms with van der Waals surface area (Å²) in [5.74, 6) is 0.457. The van der Waals surface area contributed by atoms with Crippen molar-refractivity contribution < 1.29 is 4.39 Å². The number of hydrogen-bond donors (Lipinski definition) is 0. The summed E-state index contributed by atoms with van der Waals surface area (Å²) >= 11 is 6.33. The summed E-state index contributed by atoms with van der Waals surface area (Å²) in [5, 5.41) is 5.03. The van der Waals surface area contributed by atoms with E-state index in [-0.39, 0.29) is 5.82 Å². The van der Waals surface area contributed by atoms with Gasteiger partial charge in [-0.05, 0) is 74.7 Å². The van der Waals surface area contributed by atoms with Crippen molar-refractivity contribution in [1.29, 1.82) is 0 Å². The maximum absolute atomic E-state index is 15.8. The number of rotatable bonds is 5. The minimum atomic E-state index is -0.291. The topological polar surface area (TPSA) is 39.9 Å². The Morgan fingerprint density at radius 3 is 2.56 bits per heavy atom. The van der Waals surface area contributed by atoms with Gasteiger partial charge in [0.15, 0.2) is 5.65 Å². The molecule has 2 aromatic carbocycles. The highest BCUT2D eigenvalue weighted by atomic mass is 35.5. The fourth-order valence-electron chi connectivity index (χ4n) is 5.73. The average Bonchev–Trinajstić information content (AvgIpc) is 3.61. The van der Waals surface area contributed by atoms with E-state index in [0.29, 0.717) is 16.8 Å². The Balaban J connectivity index is 1.39. The van der Waals surface area contributed by atoms with Crippen molar-refractivity contribution in [2.24, 2.45) is 0 Å². The van der Waals surface area contributed by atoms with Crippen LogP contribution in [0.3, 0.4) is 0 Å². The largest absolute Gasteiger partial charge is 0.371 e. The second-order valence-corrected chi connectivity index (χ2v) is 10.2. The molecule has 0 saturated carbocycles. The van der Waals surface area contributed by atoms with Crippen LogP contribution in [0.1, 0.15) is 25.7 Å². The van der Waals surface area contributed by atoms with E-state index in [2.05, 4.69) is 19.9 Å². The van der Waals surface area contributed by atoms with Crippen molar-refractivity contribution in [2.75, 3.05) is 43.0 Å². The van der Waals surface area contributed by atoms with E-state index < -0.39 is 0 Å². The molecule has 0 unspecified atom stereocenters. The van der Waals surface area contributed by atoms with E-state index in [9.17, 15) is 0 Å². The number of aromatic nitrogens is 3. The molecule has 6 nitrogen and oxygen atoms in total. The highest BCUT2D eigenvalue weighted by molar-refractivity contribution is 6.30. The molecule has 0 atom stereocenters. The molecular formula is C28H30ClFN6. The molecule has 2 saturated heterocycles. The van der Waals surface area contributed by atoms with Crippen LogP contribution in [-0.4, -0.2) is 58.8 Å². The fraction of sp³-hybridized carbons (Fsp3) is 0.357. The number of hydrogen-bond acceptors (Lipinski definition) is 5. The number of halogens is 2. The Bertz CT molecular complexity index is 1370. The van der Waals surface area contributed by atoms with Crippen LogP contribution in [0.4, 0.5) is 21.6 Å². The maximum Gasteiger partial charge on any atom is 0.157 e. The van der Waals surface area contributed by atoms with Crippen LogP contribution in [0.15, 0.2) is 60.9 Å². The zero-order valence-electron chi connectivity index (χ0n) is 20.4. The van der Waals surface area contributed by atoms with E-state index in [1.807, 2.05) is 54.4 Å². The van der Waals surface area contributed by atoms with Gasteiger partial charge >= 0.3 is 0 Å². The van der Waals surface area contributed by atoms with E-state index in [0.717, 1.165) is 54.2 Å². The number of nitrogens with zero attached hydrogens (tertiary/aromatic N) is 6. The number of piperidine rings is 1. The normalized spacial score (nSPS) is 17.2. The van der Waals surface area contributed by atoms with Crippen molar-refractivity contribution in [3.63, 3.8) is 0 Å². The molecule has 4 aromatic rings. The average molecular weight is 505 g/mol. The second kappa shape index (κ2) is 9.71. The molecule has 36 heavy (non-hydrogen) atoms. The highest BCUT2D eigenvalue weighted by Crippen LogP contribution is 2.40. The molecule has 0 amide bonds. The van der Waals surface area contributed by atoms with Crippen molar-refractivity contribution in [2.45, 2.75) is 31.7 Å². The van der Waals surface area contributed by atoms with Crippen LogP contribution in [0.5, 0.6) is 0 Å². The van der Waals surface area contributed by atoms with Gasteiger partial charge in [0.05, 0.1) is 11.9 Å². The van der Waals surface area contributed by atoms with Crippen molar-refractivity contribution >= 4 is 34.4 Å². The summed E-state index contributed by atoms with van der Waals surface area (Å²) in [6.45, 7) is 4.33. The first-order valence-corrected chi connectivity index (χ1v) is 13.1. The van der Waals surface area contributed by atoms with Crippen LogP contribution in [0.2, 0.25) is 5.02 Å². The Labute approximate surface area is 215 Å². The first kappa shape index (κ1) is 23.3. The number of likely N-dealkylation sites (tertiary alicyclic amines) is 1. The molecule has 6 rings (SSSR count). The zero-order chi connectivity index (χ0) is 24.6. The Hall–Kier alpha value is -3.16.